The SMILES string of the molecule is C#C[C@H]1C[N@+]2(Cc3ccc(C[N@@+]45CC[C@@H](C[C@H]4[C@H](O)c4ccnc6ccccc46)[C@@H](C#C)C5)cc3)CC[C@H]1C[C@H]2[C@H](O)c1ccnc2ccccc12. The third-order valence-electron chi connectivity index (χ3n) is 13.8. The number of aliphatic hydroxyl groups is 2. The van der Waals surface area contributed by atoms with Crippen molar-refractivity contribution in [1.82, 2.24) is 9.97 Å². The molecule has 6 aliphatic rings. The lowest BCUT2D eigenvalue weighted by Crippen LogP contribution is -2.67. The van der Waals surface area contributed by atoms with Gasteiger partial charge in [-0.2, -0.15) is 0 Å². The molecule has 52 heavy (non-hydrogen) atoms. The number of hydrogen-bond donors (Lipinski definition) is 2. The van der Waals surface area contributed by atoms with Crippen molar-refractivity contribution in [3.8, 4) is 24.7 Å². The Labute approximate surface area is 307 Å². The van der Waals surface area contributed by atoms with Crippen molar-refractivity contribution in [3.63, 3.8) is 0 Å². The molecule has 0 amide bonds. The molecule has 0 aliphatic carbocycles. The van der Waals surface area contributed by atoms with Crippen LogP contribution in [0.3, 0.4) is 0 Å². The van der Waals surface area contributed by atoms with Gasteiger partial charge in [0.15, 0.2) is 0 Å². The van der Waals surface area contributed by atoms with E-state index in [1.54, 1.807) is 0 Å². The number of para-hydroxylation sites is 2. The average molecular weight is 689 g/mol. The standard InChI is InChI=1S/C46H48N4O2/c1-3-33-29-49(23-19-35(33)25-43(49)45(51)39-17-21-47-41-11-7-5-9-37(39)41)27-31-13-15-32(16-14-31)28-50-24-20-36(34(4-2)30-50)26-44(50)46(52)40-18-22-48-42-12-8-6-10-38(40)42/h1-2,5-18,21-22,33-36,43-46,51-52H,19-20,23-30H2/q+2/t33-,34-,35-,36-,43-,44-,45+,46+,49+,50+/m0/s1. The number of aliphatic hydroxyl groups excluding tert-OH is 2. The fourth-order valence-corrected chi connectivity index (χ4v) is 11.1. The van der Waals surface area contributed by atoms with E-state index >= 15 is 0 Å². The van der Waals surface area contributed by atoms with Gasteiger partial charge in [0.1, 0.15) is 37.4 Å². The molecule has 11 rings (SSSR count). The first-order valence-electron chi connectivity index (χ1n) is 19.2. The molecule has 6 aliphatic heterocycles. The van der Waals surface area contributed by atoms with Crippen molar-refractivity contribution in [2.45, 2.75) is 63.1 Å². The van der Waals surface area contributed by atoms with Gasteiger partial charge >= 0.3 is 0 Å². The Bertz CT molecular complexity index is 2040. The molecule has 6 nitrogen and oxygen atoms in total. The lowest BCUT2D eigenvalue weighted by molar-refractivity contribution is -0.984. The van der Waals surface area contributed by atoms with Crippen LogP contribution < -0.4 is 0 Å². The highest BCUT2D eigenvalue weighted by Crippen LogP contribution is 2.49. The second kappa shape index (κ2) is 13.1. The molecule has 0 radical (unpaired) electrons. The monoisotopic (exact) mass is 688 g/mol. The van der Waals surface area contributed by atoms with E-state index in [0.29, 0.717) is 11.8 Å². The van der Waals surface area contributed by atoms with Crippen LogP contribution in [0.2, 0.25) is 0 Å². The molecular formula is C46H48N4O2+2. The highest BCUT2D eigenvalue weighted by atomic mass is 16.3. The molecule has 4 bridgehead atoms. The summed E-state index contributed by atoms with van der Waals surface area (Å²) >= 11 is 0. The zero-order chi connectivity index (χ0) is 35.5. The number of hydrogen-bond acceptors (Lipinski definition) is 4. The Morgan fingerprint density at radius 3 is 1.46 bits per heavy atom. The second-order valence-corrected chi connectivity index (χ2v) is 16.4. The Hall–Kier alpha value is -4.56. The highest BCUT2D eigenvalue weighted by molar-refractivity contribution is 5.83. The van der Waals surface area contributed by atoms with Gasteiger partial charge in [0.05, 0.1) is 49.0 Å². The molecule has 3 aromatic carbocycles. The minimum Gasteiger partial charge on any atom is -0.382 e. The normalized spacial score (nSPS) is 31.9. The maximum absolute atomic E-state index is 12.2. The first-order chi connectivity index (χ1) is 25.4. The number of benzene rings is 3. The summed E-state index contributed by atoms with van der Waals surface area (Å²) < 4.78 is 1.61. The van der Waals surface area contributed by atoms with Crippen molar-refractivity contribution in [2.24, 2.45) is 23.7 Å². The summed E-state index contributed by atoms with van der Waals surface area (Å²) in [5.41, 5.74) is 6.31. The van der Waals surface area contributed by atoms with Crippen LogP contribution in [0, 0.1) is 48.4 Å². The Kier molecular flexibility index (Phi) is 8.41. The molecule has 6 saturated heterocycles. The van der Waals surface area contributed by atoms with Gasteiger partial charge in [-0.3, -0.25) is 9.97 Å². The van der Waals surface area contributed by atoms with Crippen molar-refractivity contribution >= 4 is 21.8 Å². The van der Waals surface area contributed by atoms with Gasteiger partial charge in [0.2, 0.25) is 0 Å². The molecule has 6 fully saturated rings. The van der Waals surface area contributed by atoms with Gasteiger partial charge < -0.3 is 19.2 Å². The predicted octanol–water partition coefficient (Wildman–Crippen LogP) is 6.97. The molecule has 0 saturated carbocycles. The van der Waals surface area contributed by atoms with Gasteiger partial charge in [0, 0.05) is 60.0 Å². The average Bonchev–Trinajstić information content (AvgIpc) is 3.20. The maximum Gasteiger partial charge on any atom is 0.131 e. The first-order valence-corrected chi connectivity index (χ1v) is 19.2. The van der Waals surface area contributed by atoms with E-state index in [0.717, 1.165) is 107 Å². The molecule has 8 heterocycles. The first kappa shape index (κ1) is 33.3. The van der Waals surface area contributed by atoms with Gasteiger partial charge in [-0.05, 0) is 47.2 Å². The zero-order valence-corrected chi connectivity index (χ0v) is 29.8. The van der Waals surface area contributed by atoms with Crippen molar-refractivity contribution in [3.05, 3.63) is 120 Å². The fourth-order valence-electron chi connectivity index (χ4n) is 11.1. The topological polar surface area (TPSA) is 66.2 Å². The van der Waals surface area contributed by atoms with Crippen LogP contribution in [0.1, 0.15) is 60.1 Å². The fraction of sp³-hybridized carbons (Fsp3) is 0.391. The largest absolute Gasteiger partial charge is 0.382 e. The number of nitrogens with zero attached hydrogens (tertiary/aromatic N) is 4. The van der Waals surface area contributed by atoms with E-state index < -0.39 is 12.2 Å². The number of quaternary nitrogens is 2. The molecule has 0 unspecified atom stereocenters. The smallest absolute Gasteiger partial charge is 0.131 e. The summed E-state index contributed by atoms with van der Waals surface area (Å²) in [6, 6.07) is 29.6. The number of fused-ring (bicyclic) bond motifs is 8. The zero-order valence-electron chi connectivity index (χ0n) is 29.8. The van der Waals surface area contributed by atoms with E-state index in [9.17, 15) is 10.2 Å². The van der Waals surface area contributed by atoms with Crippen LogP contribution in [0.25, 0.3) is 21.8 Å². The summed E-state index contributed by atoms with van der Waals surface area (Å²) in [5.74, 6) is 7.63. The highest BCUT2D eigenvalue weighted by Gasteiger charge is 2.56. The van der Waals surface area contributed by atoms with E-state index in [4.69, 9.17) is 12.8 Å². The van der Waals surface area contributed by atoms with Crippen LogP contribution >= 0.6 is 0 Å². The summed E-state index contributed by atoms with van der Waals surface area (Å²) in [5, 5.41) is 26.4. The third-order valence-corrected chi connectivity index (χ3v) is 13.8. The summed E-state index contributed by atoms with van der Waals surface area (Å²) in [4.78, 5) is 9.14. The van der Waals surface area contributed by atoms with Crippen LogP contribution in [0.4, 0.5) is 0 Å². The number of rotatable bonds is 8. The van der Waals surface area contributed by atoms with E-state index in [1.807, 2.05) is 60.9 Å². The number of pyridine rings is 2. The Morgan fingerprint density at radius 1 is 0.615 bits per heavy atom. The summed E-state index contributed by atoms with van der Waals surface area (Å²) in [6.45, 7) is 5.51. The molecule has 0 spiro atoms. The van der Waals surface area contributed by atoms with E-state index in [2.05, 4.69) is 58.2 Å². The quantitative estimate of drug-likeness (QED) is 0.137. The van der Waals surface area contributed by atoms with E-state index in [-0.39, 0.29) is 23.9 Å². The second-order valence-electron chi connectivity index (χ2n) is 16.4. The molecule has 262 valence electrons. The van der Waals surface area contributed by atoms with Crippen LogP contribution in [-0.4, -0.2) is 67.4 Å². The Morgan fingerprint density at radius 2 is 1.04 bits per heavy atom. The third kappa shape index (κ3) is 5.53. The number of aromatic nitrogens is 2. The minimum atomic E-state index is -0.600. The summed E-state index contributed by atoms with van der Waals surface area (Å²) in [6.07, 6.45) is 18.8. The summed E-state index contributed by atoms with van der Waals surface area (Å²) in [7, 11) is 0. The van der Waals surface area contributed by atoms with Crippen LogP contribution in [0.15, 0.2) is 97.3 Å². The molecule has 2 N–H and O–H groups in total. The van der Waals surface area contributed by atoms with Crippen molar-refractivity contribution in [1.29, 1.82) is 0 Å². The van der Waals surface area contributed by atoms with Crippen LogP contribution in [0.5, 0.6) is 0 Å². The van der Waals surface area contributed by atoms with E-state index in [1.165, 1.54) is 11.1 Å². The lowest BCUT2D eigenvalue weighted by Gasteiger charge is -2.58. The lowest BCUT2D eigenvalue weighted by atomic mass is 9.71. The van der Waals surface area contributed by atoms with Crippen molar-refractivity contribution < 1.29 is 19.2 Å². The van der Waals surface area contributed by atoms with Gasteiger partial charge in [-0.15, -0.1) is 12.8 Å². The van der Waals surface area contributed by atoms with Gasteiger partial charge in [0.25, 0.3) is 0 Å². The predicted molar refractivity (Wildman–Crippen MR) is 205 cm³/mol. The molecule has 6 heteroatoms. The Balaban J connectivity index is 1.00. The minimum absolute atomic E-state index is 0.0639. The number of terminal acetylenes is 2. The van der Waals surface area contributed by atoms with Crippen LogP contribution in [-0.2, 0) is 13.1 Å². The number of piperidine rings is 6. The maximum atomic E-state index is 12.2. The van der Waals surface area contributed by atoms with Gasteiger partial charge in [-0.1, -0.05) is 72.5 Å². The molecule has 10 atom stereocenters. The molecule has 5 aromatic rings. The van der Waals surface area contributed by atoms with Gasteiger partial charge in [-0.25, -0.2) is 0 Å². The molecular weight excluding hydrogens is 641 g/mol. The molecule has 2 aromatic heterocycles. The van der Waals surface area contributed by atoms with Crippen molar-refractivity contribution in [2.75, 3.05) is 26.2 Å².